The number of carbonyl (C=O) groups excluding carboxylic acids is 1. The molecule has 0 heterocycles. The molecule has 0 aliphatic carbocycles. The maximum absolute atomic E-state index is 12.2. The summed E-state index contributed by atoms with van der Waals surface area (Å²) in [6.07, 6.45) is 0. The van der Waals surface area contributed by atoms with Gasteiger partial charge in [-0.2, -0.15) is 0 Å². The summed E-state index contributed by atoms with van der Waals surface area (Å²) in [6.45, 7) is 10.9. The molecule has 0 bridgehead atoms. The van der Waals surface area contributed by atoms with Crippen molar-refractivity contribution in [1.29, 1.82) is 0 Å². The van der Waals surface area contributed by atoms with Crippen LogP contribution in [0.5, 0.6) is 5.75 Å². The minimum absolute atomic E-state index is 0. The molecule has 1 amide bonds. The SMILES string of the molecule is CCN(CC)CC(=O)N(C)C(C)COc1ccccc1C.Cl. The van der Waals surface area contributed by atoms with Crippen LogP contribution in [0.2, 0.25) is 0 Å². The summed E-state index contributed by atoms with van der Waals surface area (Å²) >= 11 is 0. The van der Waals surface area contributed by atoms with Crippen molar-refractivity contribution in [3.63, 3.8) is 0 Å². The number of benzene rings is 1. The topological polar surface area (TPSA) is 32.8 Å². The van der Waals surface area contributed by atoms with Crippen LogP contribution in [0.4, 0.5) is 0 Å². The van der Waals surface area contributed by atoms with Gasteiger partial charge in [0.1, 0.15) is 12.4 Å². The van der Waals surface area contributed by atoms with Crippen molar-refractivity contribution in [3.05, 3.63) is 29.8 Å². The number of hydrogen-bond acceptors (Lipinski definition) is 3. The van der Waals surface area contributed by atoms with Gasteiger partial charge in [0.05, 0.1) is 12.6 Å². The number of carbonyl (C=O) groups is 1. The monoisotopic (exact) mass is 328 g/mol. The zero-order valence-electron chi connectivity index (χ0n) is 14.3. The van der Waals surface area contributed by atoms with Crippen molar-refractivity contribution in [1.82, 2.24) is 9.80 Å². The fraction of sp³-hybridized carbons (Fsp3) is 0.588. The third-order valence-corrected chi connectivity index (χ3v) is 3.88. The average Bonchev–Trinajstić information content (AvgIpc) is 2.50. The van der Waals surface area contributed by atoms with Crippen LogP contribution in [0.3, 0.4) is 0 Å². The van der Waals surface area contributed by atoms with Crippen molar-refractivity contribution in [2.24, 2.45) is 0 Å². The van der Waals surface area contributed by atoms with Crippen LogP contribution in [0.15, 0.2) is 24.3 Å². The molecule has 1 rings (SSSR count). The lowest BCUT2D eigenvalue weighted by atomic mass is 10.2. The maximum Gasteiger partial charge on any atom is 0.236 e. The molecule has 0 aliphatic heterocycles. The van der Waals surface area contributed by atoms with Crippen molar-refractivity contribution < 1.29 is 9.53 Å². The molecule has 1 unspecified atom stereocenters. The Labute approximate surface area is 140 Å². The molecule has 1 aromatic rings. The molecule has 4 nitrogen and oxygen atoms in total. The van der Waals surface area contributed by atoms with Gasteiger partial charge < -0.3 is 9.64 Å². The molecular weight excluding hydrogens is 300 g/mol. The van der Waals surface area contributed by atoms with Gasteiger partial charge in [-0.3, -0.25) is 9.69 Å². The highest BCUT2D eigenvalue weighted by Crippen LogP contribution is 2.16. The summed E-state index contributed by atoms with van der Waals surface area (Å²) in [5.74, 6) is 1.02. The number of amides is 1. The van der Waals surface area contributed by atoms with E-state index in [2.05, 4.69) is 18.7 Å². The van der Waals surface area contributed by atoms with E-state index < -0.39 is 0 Å². The molecule has 0 saturated heterocycles. The number of hydrogen-bond donors (Lipinski definition) is 0. The van der Waals surface area contributed by atoms with E-state index in [4.69, 9.17) is 4.74 Å². The Bertz CT molecular complexity index is 450. The van der Waals surface area contributed by atoms with Crippen LogP contribution in [-0.2, 0) is 4.79 Å². The predicted molar refractivity (Wildman–Crippen MR) is 93.9 cm³/mol. The van der Waals surface area contributed by atoms with Gasteiger partial charge in [-0.15, -0.1) is 12.4 Å². The predicted octanol–water partition coefficient (Wildman–Crippen LogP) is 2.98. The third-order valence-electron chi connectivity index (χ3n) is 3.88. The minimum Gasteiger partial charge on any atom is -0.491 e. The first-order chi connectivity index (χ1) is 9.99. The lowest BCUT2D eigenvalue weighted by Gasteiger charge is -2.28. The Kier molecular flexibility index (Phi) is 9.86. The first kappa shape index (κ1) is 20.7. The molecule has 126 valence electrons. The third kappa shape index (κ3) is 6.24. The summed E-state index contributed by atoms with van der Waals surface area (Å²) in [7, 11) is 1.84. The van der Waals surface area contributed by atoms with Crippen molar-refractivity contribution in [2.75, 3.05) is 33.3 Å². The van der Waals surface area contributed by atoms with Crippen LogP contribution >= 0.6 is 12.4 Å². The Morgan fingerprint density at radius 2 is 1.82 bits per heavy atom. The number of halogens is 1. The molecule has 22 heavy (non-hydrogen) atoms. The number of ether oxygens (including phenoxy) is 1. The van der Waals surface area contributed by atoms with E-state index in [9.17, 15) is 4.79 Å². The van der Waals surface area contributed by atoms with Gasteiger partial charge in [0.15, 0.2) is 0 Å². The van der Waals surface area contributed by atoms with Gasteiger partial charge in [-0.05, 0) is 38.6 Å². The first-order valence-electron chi connectivity index (χ1n) is 7.66. The molecule has 0 N–H and O–H groups in total. The van der Waals surface area contributed by atoms with E-state index in [1.165, 1.54) is 0 Å². The second-order valence-corrected chi connectivity index (χ2v) is 5.39. The minimum atomic E-state index is 0. The number of nitrogens with zero attached hydrogens (tertiary/aromatic N) is 2. The van der Waals surface area contributed by atoms with Crippen molar-refractivity contribution in [3.8, 4) is 5.75 Å². The highest BCUT2D eigenvalue weighted by molar-refractivity contribution is 5.85. The lowest BCUT2D eigenvalue weighted by molar-refractivity contribution is -0.133. The largest absolute Gasteiger partial charge is 0.491 e. The summed E-state index contributed by atoms with van der Waals surface area (Å²) < 4.78 is 5.82. The molecular formula is C17H29ClN2O2. The molecule has 0 aromatic heterocycles. The van der Waals surface area contributed by atoms with Gasteiger partial charge in [-0.25, -0.2) is 0 Å². The second-order valence-electron chi connectivity index (χ2n) is 5.39. The molecule has 0 radical (unpaired) electrons. The van der Waals surface area contributed by atoms with Crippen molar-refractivity contribution in [2.45, 2.75) is 33.7 Å². The lowest BCUT2D eigenvalue weighted by Crippen LogP contribution is -2.44. The molecule has 0 saturated carbocycles. The van der Waals surface area contributed by atoms with Gasteiger partial charge in [-0.1, -0.05) is 32.0 Å². The Morgan fingerprint density at radius 3 is 2.36 bits per heavy atom. The van der Waals surface area contributed by atoms with E-state index in [0.717, 1.165) is 24.4 Å². The quantitative estimate of drug-likeness (QED) is 0.735. The number of rotatable bonds is 8. The van der Waals surface area contributed by atoms with Crippen LogP contribution < -0.4 is 4.74 Å². The Balaban J connectivity index is 0.00000441. The normalized spacial score (nSPS) is 11.7. The van der Waals surface area contributed by atoms with E-state index >= 15 is 0 Å². The van der Waals surface area contributed by atoms with Crippen molar-refractivity contribution >= 4 is 18.3 Å². The Morgan fingerprint density at radius 1 is 1.23 bits per heavy atom. The average molecular weight is 329 g/mol. The van der Waals surface area contributed by atoms with E-state index in [-0.39, 0.29) is 24.4 Å². The highest BCUT2D eigenvalue weighted by atomic mass is 35.5. The number of likely N-dealkylation sites (N-methyl/N-ethyl adjacent to an activating group) is 2. The molecule has 0 fully saturated rings. The summed E-state index contributed by atoms with van der Waals surface area (Å²) in [4.78, 5) is 16.1. The van der Waals surface area contributed by atoms with E-state index in [1.807, 2.05) is 45.2 Å². The van der Waals surface area contributed by atoms with Crippen LogP contribution in [-0.4, -0.2) is 55.0 Å². The molecule has 5 heteroatoms. The van der Waals surface area contributed by atoms with Crippen LogP contribution in [0.25, 0.3) is 0 Å². The highest BCUT2D eigenvalue weighted by Gasteiger charge is 2.18. The number of aryl methyl sites for hydroxylation is 1. The van der Waals surface area contributed by atoms with Crippen LogP contribution in [0, 0.1) is 6.92 Å². The second kappa shape index (κ2) is 10.5. The van der Waals surface area contributed by atoms with Gasteiger partial charge in [0.25, 0.3) is 0 Å². The zero-order chi connectivity index (χ0) is 15.8. The molecule has 0 aliphatic rings. The summed E-state index contributed by atoms with van der Waals surface area (Å²) in [6, 6.07) is 7.98. The molecule has 0 spiro atoms. The van der Waals surface area contributed by atoms with Crippen LogP contribution in [0.1, 0.15) is 26.3 Å². The summed E-state index contributed by atoms with van der Waals surface area (Å²) in [5.41, 5.74) is 1.11. The molecule has 1 atom stereocenters. The Hall–Kier alpha value is -1.26. The van der Waals surface area contributed by atoms with Gasteiger partial charge in [0.2, 0.25) is 5.91 Å². The van der Waals surface area contributed by atoms with E-state index in [0.29, 0.717) is 13.2 Å². The van der Waals surface area contributed by atoms with Gasteiger partial charge >= 0.3 is 0 Å². The van der Waals surface area contributed by atoms with Gasteiger partial charge in [0, 0.05) is 7.05 Å². The first-order valence-corrected chi connectivity index (χ1v) is 7.66. The standard InChI is InChI=1S/C17H28N2O2.ClH/c1-6-19(7-2)12-17(20)18(5)15(4)13-21-16-11-9-8-10-14(16)3;/h8-11,15H,6-7,12-13H2,1-5H3;1H. The summed E-state index contributed by atoms with van der Waals surface area (Å²) in [5, 5.41) is 0. The fourth-order valence-electron chi connectivity index (χ4n) is 2.04. The molecule has 1 aromatic carbocycles. The smallest absolute Gasteiger partial charge is 0.236 e. The number of para-hydroxylation sites is 1. The fourth-order valence-corrected chi connectivity index (χ4v) is 2.04. The van der Waals surface area contributed by atoms with E-state index in [1.54, 1.807) is 4.90 Å². The maximum atomic E-state index is 12.2. The zero-order valence-corrected chi connectivity index (χ0v) is 15.2.